The zero-order valence-electron chi connectivity index (χ0n) is 15.1. The topological polar surface area (TPSA) is 96.7 Å². The normalized spacial score (nSPS) is 15.5. The highest BCUT2D eigenvalue weighted by atomic mass is 127. The standard InChI is InChI=1S/C15H27N7O2.HI/c1-4-16-14(17-10-13-18-11-19-21(13)3)20-12-6-8-22(9-7-12)15(23)24-5-2;/h11-12H,4-10H2,1-3H3,(H2,16,17,20);1H. The zero-order chi connectivity index (χ0) is 17.4. The minimum absolute atomic E-state index is 0. The largest absolute Gasteiger partial charge is 0.450 e. The van der Waals surface area contributed by atoms with Gasteiger partial charge in [-0.05, 0) is 26.7 Å². The summed E-state index contributed by atoms with van der Waals surface area (Å²) in [6, 6.07) is 0.285. The second kappa shape index (κ2) is 11.1. The molecule has 1 fully saturated rings. The summed E-state index contributed by atoms with van der Waals surface area (Å²) in [5.74, 6) is 1.57. The van der Waals surface area contributed by atoms with Crippen molar-refractivity contribution < 1.29 is 9.53 Å². The molecule has 1 amide bonds. The van der Waals surface area contributed by atoms with Gasteiger partial charge >= 0.3 is 6.09 Å². The van der Waals surface area contributed by atoms with Crippen LogP contribution in [0.3, 0.4) is 0 Å². The summed E-state index contributed by atoms with van der Waals surface area (Å²) in [7, 11) is 1.85. The number of amides is 1. The predicted molar refractivity (Wildman–Crippen MR) is 106 cm³/mol. The van der Waals surface area contributed by atoms with Gasteiger partial charge in [-0.3, -0.25) is 4.68 Å². The molecular formula is C15H28IN7O2. The Morgan fingerprint density at radius 1 is 1.40 bits per heavy atom. The summed E-state index contributed by atoms with van der Waals surface area (Å²) in [5.41, 5.74) is 0. The number of halogens is 1. The lowest BCUT2D eigenvalue weighted by Crippen LogP contribution is -2.49. The van der Waals surface area contributed by atoms with Crippen LogP contribution >= 0.6 is 24.0 Å². The van der Waals surface area contributed by atoms with Gasteiger partial charge < -0.3 is 20.3 Å². The number of carbonyl (C=O) groups excluding carboxylic acids is 1. The smallest absolute Gasteiger partial charge is 0.409 e. The summed E-state index contributed by atoms with van der Waals surface area (Å²) in [6.07, 6.45) is 3.04. The number of hydrogen-bond acceptors (Lipinski definition) is 5. The maximum absolute atomic E-state index is 11.7. The van der Waals surface area contributed by atoms with Gasteiger partial charge in [-0.15, -0.1) is 24.0 Å². The van der Waals surface area contributed by atoms with E-state index in [-0.39, 0.29) is 36.1 Å². The molecule has 142 valence electrons. The van der Waals surface area contributed by atoms with Gasteiger partial charge in [0, 0.05) is 32.7 Å². The average Bonchev–Trinajstić information content (AvgIpc) is 2.99. The predicted octanol–water partition coefficient (Wildman–Crippen LogP) is 1.11. The van der Waals surface area contributed by atoms with Crippen LogP contribution in [0.1, 0.15) is 32.5 Å². The van der Waals surface area contributed by atoms with Crippen molar-refractivity contribution in [3.8, 4) is 0 Å². The third kappa shape index (κ3) is 6.67. The van der Waals surface area contributed by atoms with Crippen LogP contribution in [0.4, 0.5) is 4.79 Å². The van der Waals surface area contributed by atoms with Crippen molar-refractivity contribution >= 4 is 36.0 Å². The van der Waals surface area contributed by atoms with Crippen LogP contribution in [0.5, 0.6) is 0 Å². The van der Waals surface area contributed by atoms with Crippen LogP contribution in [0.15, 0.2) is 11.3 Å². The number of rotatable bonds is 5. The van der Waals surface area contributed by atoms with Crippen LogP contribution in [0.2, 0.25) is 0 Å². The lowest BCUT2D eigenvalue weighted by atomic mass is 10.1. The molecule has 0 bridgehead atoms. The molecule has 0 atom stereocenters. The molecule has 1 saturated heterocycles. The van der Waals surface area contributed by atoms with Crippen molar-refractivity contribution in [2.75, 3.05) is 26.2 Å². The fraction of sp³-hybridized carbons (Fsp3) is 0.733. The number of aryl methyl sites for hydroxylation is 1. The van der Waals surface area contributed by atoms with E-state index in [1.165, 1.54) is 6.33 Å². The summed E-state index contributed by atoms with van der Waals surface area (Å²) >= 11 is 0. The summed E-state index contributed by atoms with van der Waals surface area (Å²) in [6.45, 7) is 6.90. The van der Waals surface area contributed by atoms with Gasteiger partial charge in [-0.25, -0.2) is 14.8 Å². The molecule has 0 saturated carbocycles. The van der Waals surface area contributed by atoms with Crippen molar-refractivity contribution in [2.24, 2.45) is 12.0 Å². The van der Waals surface area contributed by atoms with Crippen molar-refractivity contribution in [2.45, 2.75) is 39.3 Å². The van der Waals surface area contributed by atoms with Gasteiger partial charge in [0.25, 0.3) is 0 Å². The number of nitrogens with zero attached hydrogens (tertiary/aromatic N) is 5. The molecule has 2 N–H and O–H groups in total. The van der Waals surface area contributed by atoms with Crippen molar-refractivity contribution in [3.05, 3.63) is 12.2 Å². The molecule has 0 spiro atoms. The number of aliphatic imine (C=N–C) groups is 1. The van der Waals surface area contributed by atoms with E-state index in [1.807, 2.05) is 20.9 Å². The number of carbonyl (C=O) groups is 1. The minimum Gasteiger partial charge on any atom is -0.450 e. The molecule has 0 radical (unpaired) electrons. The van der Waals surface area contributed by atoms with E-state index < -0.39 is 0 Å². The van der Waals surface area contributed by atoms with Crippen molar-refractivity contribution in [1.29, 1.82) is 0 Å². The van der Waals surface area contributed by atoms with Crippen LogP contribution in [0.25, 0.3) is 0 Å². The Kier molecular flexibility index (Phi) is 9.53. The molecule has 0 unspecified atom stereocenters. The van der Waals surface area contributed by atoms with Crippen molar-refractivity contribution in [1.82, 2.24) is 30.3 Å². The van der Waals surface area contributed by atoms with Gasteiger partial charge in [0.2, 0.25) is 0 Å². The number of nitrogens with one attached hydrogen (secondary N) is 2. The second-order valence-corrected chi connectivity index (χ2v) is 5.60. The second-order valence-electron chi connectivity index (χ2n) is 5.60. The molecule has 25 heavy (non-hydrogen) atoms. The highest BCUT2D eigenvalue weighted by Crippen LogP contribution is 2.11. The fourth-order valence-electron chi connectivity index (χ4n) is 2.55. The number of ether oxygens (including phenoxy) is 1. The molecule has 0 aromatic carbocycles. The highest BCUT2D eigenvalue weighted by Gasteiger charge is 2.24. The number of hydrogen-bond donors (Lipinski definition) is 2. The first-order valence-electron chi connectivity index (χ1n) is 8.43. The maximum Gasteiger partial charge on any atom is 0.409 e. The Morgan fingerprint density at radius 3 is 2.68 bits per heavy atom. The SMILES string of the molecule is CCNC(=NCc1ncnn1C)NC1CCN(C(=O)OCC)CC1.I. The number of likely N-dealkylation sites (tertiary alicyclic amines) is 1. The highest BCUT2D eigenvalue weighted by molar-refractivity contribution is 14.0. The van der Waals surface area contributed by atoms with E-state index in [9.17, 15) is 4.79 Å². The Morgan fingerprint density at radius 2 is 2.12 bits per heavy atom. The van der Waals surface area contributed by atoms with E-state index in [4.69, 9.17) is 4.74 Å². The first kappa shape index (κ1) is 21.5. The average molecular weight is 465 g/mol. The van der Waals surface area contributed by atoms with Crippen LogP contribution in [-0.4, -0.2) is 64.0 Å². The van der Waals surface area contributed by atoms with E-state index in [0.717, 1.165) is 31.2 Å². The lowest BCUT2D eigenvalue weighted by Gasteiger charge is -2.32. The Bertz CT molecular complexity index is 556. The van der Waals surface area contributed by atoms with Crippen LogP contribution in [-0.2, 0) is 18.3 Å². The third-order valence-electron chi connectivity index (χ3n) is 3.89. The Labute approximate surface area is 165 Å². The number of guanidine groups is 1. The fourth-order valence-corrected chi connectivity index (χ4v) is 2.55. The molecule has 2 heterocycles. The minimum atomic E-state index is -0.223. The van der Waals surface area contributed by atoms with E-state index in [0.29, 0.717) is 26.2 Å². The summed E-state index contributed by atoms with van der Waals surface area (Å²) in [5, 5.41) is 10.7. The van der Waals surface area contributed by atoms with Crippen LogP contribution < -0.4 is 10.6 Å². The van der Waals surface area contributed by atoms with Crippen LogP contribution in [0, 0.1) is 0 Å². The van der Waals surface area contributed by atoms with E-state index >= 15 is 0 Å². The molecule has 1 aromatic heterocycles. The molecule has 0 aliphatic carbocycles. The molecule has 1 aliphatic heterocycles. The maximum atomic E-state index is 11.7. The zero-order valence-corrected chi connectivity index (χ0v) is 17.4. The monoisotopic (exact) mass is 465 g/mol. The molecular weight excluding hydrogens is 437 g/mol. The molecule has 10 heteroatoms. The van der Waals surface area contributed by atoms with Gasteiger partial charge in [0.1, 0.15) is 18.7 Å². The molecule has 9 nitrogen and oxygen atoms in total. The quantitative estimate of drug-likeness (QED) is 0.384. The number of piperidine rings is 1. The summed E-state index contributed by atoms with van der Waals surface area (Å²) < 4.78 is 6.76. The Balaban J connectivity index is 0.00000312. The summed E-state index contributed by atoms with van der Waals surface area (Å²) in [4.78, 5) is 22.2. The first-order chi connectivity index (χ1) is 11.6. The van der Waals surface area contributed by atoms with Crippen molar-refractivity contribution in [3.63, 3.8) is 0 Å². The molecule has 1 aromatic rings. The van der Waals surface area contributed by atoms with Gasteiger partial charge in [-0.1, -0.05) is 0 Å². The first-order valence-corrected chi connectivity index (χ1v) is 8.43. The van der Waals surface area contributed by atoms with Gasteiger partial charge in [0.05, 0.1) is 6.61 Å². The van der Waals surface area contributed by atoms with Gasteiger partial charge in [-0.2, -0.15) is 5.10 Å². The molecule has 2 rings (SSSR count). The lowest BCUT2D eigenvalue weighted by molar-refractivity contribution is 0.0963. The van der Waals surface area contributed by atoms with E-state index in [2.05, 4.69) is 25.7 Å². The third-order valence-corrected chi connectivity index (χ3v) is 3.89. The number of aromatic nitrogens is 3. The molecule has 1 aliphatic rings. The van der Waals surface area contributed by atoms with E-state index in [1.54, 1.807) is 9.58 Å². The van der Waals surface area contributed by atoms with Gasteiger partial charge in [0.15, 0.2) is 5.96 Å². The Hall–Kier alpha value is -1.59.